The van der Waals surface area contributed by atoms with Crippen LogP contribution in [0.1, 0.15) is 52.8 Å². The van der Waals surface area contributed by atoms with E-state index >= 15 is 0 Å². The van der Waals surface area contributed by atoms with Crippen molar-refractivity contribution in [3.63, 3.8) is 0 Å². The van der Waals surface area contributed by atoms with Crippen LogP contribution in [0.4, 0.5) is 0 Å². The quantitative estimate of drug-likeness (QED) is 0.775. The standard InChI is InChI=1S/C13H25N3O/c1-10(2)14-8-6-7-11-15-16-12(17-11)9-13(3,4)5/h10,14H,6-9H2,1-5H3. The second-order valence-electron chi connectivity index (χ2n) is 6.04. The Balaban J connectivity index is 2.31. The fourth-order valence-corrected chi connectivity index (χ4v) is 1.54. The second-order valence-corrected chi connectivity index (χ2v) is 6.04. The summed E-state index contributed by atoms with van der Waals surface area (Å²) in [7, 11) is 0. The predicted molar refractivity (Wildman–Crippen MR) is 68.9 cm³/mol. The maximum atomic E-state index is 5.62. The smallest absolute Gasteiger partial charge is 0.217 e. The van der Waals surface area contributed by atoms with Gasteiger partial charge in [0.2, 0.25) is 11.8 Å². The van der Waals surface area contributed by atoms with Crippen molar-refractivity contribution < 1.29 is 4.42 Å². The molecule has 0 bridgehead atoms. The maximum absolute atomic E-state index is 5.62. The van der Waals surface area contributed by atoms with Gasteiger partial charge in [0.05, 0.1) is 0 Å². The Morgan fingerprint density at radius 2 is 1.82 bits per heavy atom. The Morgan fingerprint density at radius 3 is 2.41 bits per heavy atom. The fraction of sp³-hybridized carbons (Fsp3) is 0.846. The molecule has 4 nitrogen and oxygen atoms in total. The number of hydrogen-bond acceptors (Lipinski definition) is 4. The van der Waals surface area contributed by atoms with E-state index in [0.717, 1.165) is 37.6 Å². The first-order valence-corrected chi connectivity index (χ1v) is 6.41. The van der Waals surface area contributed by atoms with Gasteiger partial charge in [0.25, 0.3) is 0 Å². The fourth-order valence-electron chi connectivity index (χ4n) is 1.54. The van der Waals surface area contributed by atoms with Crippen LogP contribution in [0.15, 0.2) is 4.42 Å². The number of hydrogen-bond donors (Lipinski definition) is 1. The third-order valence-electron chi connectivity index (χ3n) is 2.31. The van der Waals surface area contributed by atoms with Crippen LogP contribution in [-0.2, 0) is 12.8 Å². The number of aromatic nitrogens is 2. The molecule has 17 heavy (non-hydrogen) atoms. The molecule has 1 heterocycles. The number of aryl methyl sites for hydroxylation is 1. The second kappa shape index (κ2) is 6.15. The van der Waals surface area contributed by atoms with Gasteiger partial charge < -0.3 is 9.73 Å². The number of nitrogens with one attached hydrogen (secondary N) is 1. The highest BCUT2D eigenvalue weighted by atomic mass is 16.4. The third-order valence-corrected chi connectivity index (χ3v) is 2.31. The third kappa shape index (κ3) is 6.41. The molecule has 98 valence electrons. The summed E-state index contributed by atoms with van der Waals surface area (Å²) in [5.74, 6) is 1.51. The molecule has 1 aromatic heterocycles. The van der Waals surface area contributed by atoms with E-state index in [9.17, 15) is 0 Å². The summed E-state index contributed by atoms with van der Waals surface area (Å²) in [6.45, 7) is 11.8. The summed E-state index contributed by atoms with van der Waals surface area (Å²) >= 11 is 0. The lowest BCUT2D eigenvalue weighted by atomic mass is 9.92. The van der Waals surface area contributed by atoms with E-state index < -0.39 is 0 Å². The first-order valence-electron chi connectivity index (χ1n) is 6.41. The Labute approximate surface area is 104 Å². The molecule has 0 spiro atoms. The molecule has 1 rings (SSSR count). The molecule has 0 aromatic carbocycles. The monoisotopic (exact) mass is 239 g/mol. The van der Waals surface area contributed by atoms with Crippen LogP contribution in [0.5, 0.6) is 0 Å². The molecule has 0 atom stereocenters. The molecule has 0 fully saturated rings. The zero-order valence-electron chi connectivity index (χ0n) is 11.7. The molecule has 0 saturated carbocycles. The zero-order chi connectivity index (χ0) is 12.9. The van der Waals surface area contributed by atoms with Crippen molar-refractivity contribution in [2.75, 3.05) is 6.54 Å². The lowest BCUT2D eigenvalue weighted by Gasteiger charge is -2.14. The van der Waals surface area contributed by atoms with E-state index in [1.165, 1.54) is 0 Å². The molecule has 0 aliphatic carbocycles. The maximum Gasteiger partial charge on any atom is 0.217 e. The zero-order valence-corrected chi connectivity index (χ0v) is 11.7. The van der Waals surface area contributed by atoms with Crippen LogP contribution in [-0.4, -0.2) is 22.8 Å². The highest BCUT2D eigenvalue weighted by molar-refractivity contribution is 4.86. The van der Waals surface area contributed by atoms with E-state index in [0.29, 0.717) is 6.04 Å². The van der Waals surface area contributed by atoms with Crippen LogP contribution >= 0.6 is 0 Å². The Hall–Kier alpha value is -0.900. The van der Waals surface area contributed by atoms with Gasteiger partial charge in [0.1, 0.15) is 0 Å². The molecular formula is C13H25N3O. The highest BCUT2D eigenvalue weighted by Crippen LogP contribution is 2.19. The average molecular weight is 239 g/mol. The van der Waals surface area contributed by atoms with Crippen LogP contribution in [0.25, 0.3) is 0 Å². The van der Waals surface area contributed by atoms with Gasteiger partial charge in [0, 0.05) is 18.9 Å². The van der Waals surface area contributed by atoms with Crippen molar-refractivity contribution in [3.8, 4) is 0 Å². The number of nitrogens with zero attached hydrogens (tertiary/aromatic N) is 2. The van der Waals surface area contributed by atoms with Crippen molar-refractivity contribution in [2.24, 2.45) is 5.41 Å². The SMILES string of the molecule is CC(C)NCCCc1nnc(CC(C)(C)C)o1. The molecule has 4 heteroatoms. The molecule has 0 aliphatic rings. The van der Waals surface area contributed by atoms with E-state index in [2.05, 4.69) is 50.1 Å². The van der Waals surface area contributed by atoms with Crippen molar-refractivity contribution in [1.82, 2.24) is 15.5 Å². The highest BCUT2D eigenvalue weighted by Gasteiger charge is 2.16. The minimum atomic E-state index is 0.197. The van der Waals surface area contributed by atoms with Gasteiger partial charge >= 0.3 is 0 Å². The van der Waals surface area contributed by atoms with E-state index in [-0.39, 0.29) is 5.41 Å². The molecule has 0 unspecified atom stereocenters. The van der Waals surface area contributed by atoms with Gasteiger partial charge in [-0.1, -0.05) is 34.6 Å². The van der Waals surface area contributed by atoms with Crippen LogP contribution in [0.3, 0.4) is 0 Å². The van der Waals surface area contributed by atoms with E-state index in [4.69, 9.17) is 4.42 Å². The van der Waals surface area contributed by atoms with Gasteiger partial charge in [-0.2, -0.15) is 0 Å². The van der Waals surface area contributed by atoms with Crippen molar-refractivity contribution in [3.05, 3.63) is 11.8 Å². The van der Waals surface area contributed by atoms with Crippen LogP contribution in [0, 0.1) is 5.41 Å². The molecule has 1 N–H and O–H groups in total. The largest absolute Gasteiger partial charge is 0.425 e. The Kier molecular flexibility index (Phi) is 5.12. The molecule has 0 amide bonds. The summed E-state index contributed by atoms with van der Waals surface area (Å²) in [6.07, 6.45) is 2.73. The summed E-state index contributed by atoms with van der Waals surface area (Å²) in [4.78, 5) is 0. The molecule has 0 aliphatic heterocycles. The van der Waals surface area contributed by atoms with Gasteiger partial charge in [0.15, 0.2) is 0 Å². The van der Waals surface area contributed by atoms with Crippen LogP contribution in [0.2, 0.25) is 0 Å². The van der Waals surface area contributed by atoms with Crippen molar-refractivity contribution in [2.45, 2.75) is 59.9 Å². The first kappa shape index (κ1) is 14.2. The normalized spacial score (nSPS) is 12.4. The van der Waals surface area contributed by atoms with Crippen molar-refractivity contribution in [1.29, 1.82) is 0 Å². The Morgan fingerprint density at radius 1 is 1.18 bits per heavy atom. The number of rotatable bonds is 6. The topological polar surface area (TPSA) is 51.0 Å². The average Bonchev–Trinajstić information content (AvgIpc) is 2.57. The first-order chi connectivity index (χ1) is 7.87. The van der Waals surface area contributed by atoms with E-state index in [1.54, 1.807) is 0 Å². The minimum Gasteiger partial charge on any atom is -0.425 e. The van der Waals surface area contributed by atoms with Gasteiger partial charge in [-0.3, -0.25) is 0 Å². The summed E-state index contributed by atoms with van der Waals surface area (Å²) in [5.41, 5.74) is 0.197. The molecule has 0 saturated heterocycles. The lowest BCUT2D eigenvalue weighted by molar-refractivity contribution is 0.344. The minimum absolute atomic E-state index is 0.197. The van der Waals surface area contributed by atoms with Gasteiger partial charge in [-0.15, -0.1) is 10.2 Å². The van der Waals surface area contributed by atoms with Gasteiger partial charge in [-0.05, 0) is 18.4 Å². The van der Waals surface area contributed by atoms with Gasteiger partial charge in [-0.25, -0.2) is 0 Å². The summed E-state index contributed by atoms with van der Waals surface area (Å²) < 4.78 is 5.62. The summed E-state index contributed by atoms with van der Waals surface area (Å²) in [6, 6.07) is 0.536. The summed E-state index contributed by atoms with van der Waals surface area (Å²) in [5, 5.41) is 11.5. The molecular weight excluding hydrogens is 214 g/mol. The van der Waals surface area contributed by atoms with Crippen molar-refractivity contribution >= 4 is 0 Å². The van der Waals surface area contributed by atoms with Crippen LogP contribution < -0.4 is 5.32 Å². The van der Waals surface area contributed by atoms with E-state index in [1.807, 2.05) is 0 Å². The predicted octanol–water partition coefficient (Wildman–Crippen LogP) is 2.59. The molecule has 0 radical (unpaired) electrons. The lowest BCUT2D eigenvalue weighted by Crippen LogP contribution is -2.23. The Bertz CT molecular complexity index is 326. The molecule has 1 aromatic rings.